The number of carbonyl (C=O) groups excluding carboxylic acids is 3. The van der Waals surface area contributed by atoms with E-state index >= 15 is 0 Å². The van der Waals surface area contributed by atoms with Gasteiger partial charge in [-0.1, -0.05) is 6.92 Å². The first-order valence-corrected chi connectivity index (χ1v) is 5.33. The molecule has 0 fully saturated rings. The minimum Gasteiger partial charge on any atom is -0.331 e. The maximum atomic E-state index is 11.2. The van der Waals surface area contributed by atoms with E-state index in [-0.39, 0.29) is 19.3 Å². The third-order valence-electron chi connectivity index (χ3n) is 1.84. The molecule has 0 aromatic heterocycles. The van der Waals surface area contributed by atoms with E-state index in [1.807, 2.05) is 0 Å². The van der Waals surface area contributed by atoms with Gasteiger partial charge in [0.1, 0.15) is 0 Å². The van der Waals surface area contributed by atoms with Crippen LogP contribution >= 0.6 is 0 Å². The molecule has 0 saturated heterocycles. The molecule has 0 saturated carbocycles. The first-order chi connectivity index (χ1) is 7.65. The lowest BCUT2D eigenvalue weighted by atomic mass is 10.2. The van der Waals surface area contributed by atoms with Gasteiger partial charge < -0.3 is 10.6 Å². The number of carbonyl (C=O) groups is 3. The van der Waals surface area contributed by atoms with Gasteiger partial charge in [-0.15, -0.1) is 5.06 Å². The molecule has 0 spiro atoms. The van der Waals surface area contributed by atoms with Gasteiger partial charge >= 0.3 is 5.97 Å². The molecule has 92 valence electrons. The summed E-state index contributed by atoms with van der Waals surface area (Å²) in [5.74, 6) is -1.10. The molecule has 2 amide bonds. The third-order valence-corrected chi connectivity index (χ3v) is 1.84. The summed E-state index contributed by atoms with van der Waals surface area (Å²) in [5, 5.41) is 0.453. The number of unbranched alkanes of at least 4 members (excludes halogenated alkanes) is 1. The summed E-state index contributed by atoms with van der Waals surface area (Å²) in [7, 11) is 0. The second-order valence-electron chi connectivity index (χ2n) is 3.28. The molecule has 0 aliphatic rings. The van der Waals surface area contributed by atoms with Gasteiger partial charge in [-0.2, -0.15) is 0 Å². The van der Waals surface area contributed by atoms with E-state index in [0.717, 1.165) is 0 Å². The van der Waals surface area contributed by atoms with Crippen LogP contribution in [0.5, 0.6) is 0 Å². The monoisotopic (exact) mass is 230 g/mol. The average molecular weight is 230 g/mol. The van der Waals surface area contributed by atoms with Crippen LogP contribution in [0, 0.1) is 0 Å². The van der Waals surface area contributed by atoms with Crippen molar-refractivity contribution in [2.24, 2.45) is 5.73 Å². The molecular weight excluding hydrogens is 212 g/mol. The van der Waals surface area contributed by atoms with Crippen LogP contribution in [-0.2, 0) is 19.2 Å². The number of amides is 2. The van der Waals surface area contributed by atoms with Crippen molar-refractivity contribution >= 4 is 18.3 Å². The Bertz CT molecular complexity index is 243. The van der Waals surface area contributed by atoms with Crippen LogP contribution < -0.4 is 5.73 Å². The fourth-order valence-electron chi connectivity index (χ4n) is 1.02. The van der Waals surface area contributed by atoms with E-state index in [9.17, 15) is 14.4 Å². The van der Waals surface area contributed by atoms with Crippen molar-refractivity contribution < 1.29 is 19.2 Å². The van der Waals surface area contributed by atoms with Crippen molar-refractivity contribution in [2.75, 3.05) is 6.54 Å². The normalized spacial score (nSPS) is 9.62. The predicted octanol–water partition coefficient (Wildman–Crippen LogP) is 0.359. The summed E-state index contributed by atoms with van der Waals surface area (Å²) in [6.07, 6.45) is 2.42. The molecule has 0 aliphatic carbocycles. The first kappa shape index (κ1) is 14.6. The van der Waals surface area contributed by atoms with Crippen molar-refractivity contribution in [2.45, 2.75) is 39.0 Å². The Morgan fingerprint density at radius 3 is 2.50 bits per heavy atom. The maximum Gasteiger partial charge on any atom is 0.333 e. The SMILES string of the molecule is CCCC(=O)N(C=O)OC(=O)CCCCN. The molecule has 0 rings (SSSR count). The van der Waals surface area contributed by atoms with E-state index in [4.69, 9.17) is 5.73 Å². The quantitative estimate of drug-likeness (QED) is 0.387. The topological polar surface area (TPSA) is 89.7 Å². The van der Waals surface area contributed by atoms with Crippen LogP contribution in [0.3, 0.4) is 0 Å². The maximum absolute atomic E-state index is 11.2. The van der Waals surface area contributed by atoms with Gasteiger partial charge in [0.25, 0.3) is 12.3 Å². The largest absolute Gasteiger partial charge is 0.333 e. The number of hydrogen-bond donors (Lipinski definition) is 1. The van der Waals surface area contributed by atoms with Gasteiger partial charge in [-0.3, -0.25) is 9.59 Å². The lowest BCUT2D eigenvalue weighted by molar-refractivity contribution is -0.196. The van der Waals surface area contributed by atoms with Gasteiger partial charge in [0, 0.05) is 12.8 Å². The molecule has 0 radical (unpaired) electrons. The highest BCUT2D eigenvalue weighted by Gasteiger charge is 2.16. The summed E-state index contributed by atoms with van der Waals surface area (Å²) in [6.45, 7) is 2.30. The van der Waals surface area contributed by atoms with Crippen LogP contribution in [0.2, 0.25) is 0 Å². The van der Waals surface area contributed by atoms with Gasteiger partial charge in [-0.25, -0.2) is 4.79 Å². The van der Waals surface area contributed by atoms with E-state index in [0.29, 0.717) is 30.9 Å². The highest BCUT2D eigenvalue weighted by Crippen LogP contribution is 2.01. The number of nitrogens with two attached hydrogens (primary N) is 1. The number of nitrogens with zero attached hydrogens (tertiary/aromatic N) is 1. The lowest BCUT2D eigenvalue weighted by Crippen LogP contribution is -2.32. The van der Waals surface area contributed by atoms with Crippen LogP contribution in [0.1, 0.15) is 39.0 Å². The Morgan fingerprint density at radius 2 is 2.00 bits per heavy atom. The summed E-state index contributed by atoms with van der Waals surface area (Å²) in [4.78, 5) is 37.5. The number of imide groups is 1. The van der Waals surface area contributed by atoms with Crippen molar-refractivity contribution in [3.63, 3.8) is 0 Å². The molecule has 2 N–H and O–H groups in total. The summed E-state index contributed by atoms with van der Waals surface area (Å²) in [6, 6.07) is 0. The zero-order chi connectivity index (χ0) is 12.4. The fraction of sp³-hybridized carbons (Fsp3) is 0.700. The lowest BCUT2D eigenvalue weighted by Gasteiger charge is -2.13. The van der Waals surface area contributed by atoms with Crippen LogP contribution in [0.15, 0.2) is 0 Å². The van der Waals surface area contributed by atoms with Crippen molar-refractivity contribution in [3.8, 4) is 0 Å². The van der Waals surface area contributed by atoms with Crippen LogP contribution in [0.25, 0.3) is 0 Å². The Kier molecular flexibility index (Phi) is 8.05. The molecule has 0 aliphatic heterocycles. The molecule has 6 heteroatoms. The van der Waals surface area contributed by atoms with E-state index in [1.54, 1.807) is 6.92 Å². The average Bonchev–Trinajstić information content (AvgIpc) is 2.26. The second-order valence-corrected chi connectivity index (χ2v) is 3.28. The van der Waals surface area contributed by atoms with Crippen molar-refractivity contribution in [3.05, 3.63) is 0 Å². The Labute approximate surface area is 94.7 Å². The van der Waals surface area contributed by atoms with Crippen LogP contribution in [0.4, 0.5) is 0 Å². The molecule has 0 heterocycles. The van der Waals surface area contributed by atoms with Gasteiger partial charge in [-0.05, 0) is 25.8 Å². The fourth-order valence-corrected chi connectivity index (χ4v) is 1.02. The van der Waals surface area contributed by atoms with Gasteiger partial charge in [0.2, 0.25) is 0 Å². The second kappa shape index (κ2) is 8.84. The number of hydroxylamine groups is 2. The summed E-state index contributed by atoms with van der Waals surface area (Å²) < 4.78 is 0. The Morgan fingerprint density at radius 1 is 1.31 bits per heavy atom. The predicted molar refractivity (Wildman–Crippen MR) is 56.8 cm³/mol. The smallest absolute Gasteiger partial charge is 0.331 e. The minimum absolute atomic E-state index is 0.154. The van der Waals surface area contributed by atoms with E-state index in [1.165, 1.54) is 0 Å². The summed E-state index contributed by atoms with van der Waals surface area (Å²) in [5.41, 5.74) is 5.26. The molecule has 0 atom stereocenters. The van der Waals surface area contributed by atoms with Crippen LogP contribution in [-0.4, -0.2) is 29.9 Å². The molecule has 0 unspecified atom stereocenters. The molecule has 6 nitrogen and oxygen atoms in total. The number of rotatable bonds is 7. The zero-order valence-electron chi connectivity index (χ0n) is 9.48. The molecule has 0 bridgehead atoms. The molecule has 0 aromatic rings. The summed E-state index contributed by atoms with van der Waals surface area (Å²) >= 11 is 0. The van der Waals surface area contributed by atoms with Crippen molar-refractivity contribution in [1.82, 2.24) is 5.06 Å². The Hall–Kier alpha value is -1.43. The van der Waals surface area contributed by atoms with Gasteiger partial charge in [0.15, 0.2) is 0 Å². The van der Waals surface area contributed by atoms with E-state index < -0.39 is 11.9 Å². The highest BCUT2D eigenvalue weighted by atomic mass is 16.7. The third kappa shape index (κ3) is 6.13. The number of hydrogen-bond acceptors (Lipinski definition) is 5. The zero-order valence-corrected chi connectivity index (χ0v) is 9.48. The standard InChI is InChI=1S/C10H18N2O4/c1-2-5-9(14)12(8-13)16-10(15)6-3-4-7-11/h8H,2-7,11H2,1H3. The first-order valence-electron chi connectivity index (χ1n) is 5.33. The molecular formula is C10H18N2O4. The van der Waals surface area contributed by atoms with Gasteiger partial charge in [0.05, 0.1) is 0 Å². The minimum atomic E-state index is -0.593. The van der Waals surface area contributed by atoms with Crippen molar-refractivity contribution in [1.29, 1.82) is 0 Å². The molecule has 16 heavy (non-hydrogen) atoms. The Balaban J connectivity index is 3.96. The molecule has 0 aromatic carbocycles. The highest BCUT2D eigenvalue weighted by molar-refractivity contribution is 5.86. The van der Waals surface area contributed by atoms with E-state index in [2.05, 4.69) is 4.84 Å².